The number of hydrogen-bond donors (Lipinski definition) is 2. The smallest absolute Gasteiger partial charge is 0.266 e. The van der Waals surface area contributed by atoms with Gasteiger partial charge in [-0.05, 0) is 64.0 Å². The zero-order valence-electron chi connectivity index (χ0n) is 18.0. The van der Waals surface area contributed by atoms with Crippen molar-refractivity contribution < 1.29 is 19.1 Å². The summed E-state index contributed by atoms with van der Waals surface area (Å²) in [7, 11) is 1.44. The summed E-state index contributed by atoms with van der Waals surface area (Å²) < 4.78 is 11.5. The topological polar surface area (TPSA) is 100 Å². The minimum atomic E-state index is -0.541. The van der Waals surface area contributed by atoms with Gasteiger partial charge in [0.1, 0.15) is 11.6 Å². The molecule has 0 aromatic heterocycles. The summed E-state index contributed by atoms with van der Waals surface area (Å²) in [6, 6.07) is 20.8. The number of carbonyl (C=O) groups excluding carboxylic acids is 2. The van der Waals surface area contributed by atoms with Crippen molar-refractivity contribution in [2.45, 2.75) is 0 Å². The minimum absolute atomic E-state index is 0.0920. The molecule has 0 aliphatic carbocycles. The van der Waals surface area contributed by atoms with E-state index in [1.165, 1.54) is 13.2 Å². The van der Waals surface area contributed by atoms with Crippen LogP contribution in [0.25, 0.3) is 6.08 Å². The lowest BCUT2D eigenvalue weighted by Crippen LogP contribution is -2.20. The van der Waals surface area contributed by atoms with Crippen LogP contribution < -0.4 is 20.1 Å². The van der Waals surface area contributed by atoms with Crippen LogP contribution in [-0.2, 0) is 9.59 Å². The molecule has 34 heavy (non-hydrogen) atoms. The molecule has 0 unspecified atom stereocenters. The third-order valence-electron chi connectivity index (χ3n) is 4.46. The molecular formula is C25H19BrClN3O4. The van der Waals surface area contributed by atoms with Gasteiger partial charge in [0, 0.05) is 5.69 Å². The summed E-state index contributed by atoms with van der Waals surface area (Å²) in [4.78, 5) is 24.8. The molecule has 0 saturated heterocycles. The molecular weight excluding hydrogens is 522 g/mol. The van der Waals surface area contributed by atoms with Crippen molar-refractivity contribution in [1.82, 2.24) is 0 Å². The largest absolute Gasteiger partial charge is 0.493 e. The van der Waals surface area contributed by atoms with Gasteiger partial charge >= 0.3 is 0 Å². The molecule has 0 aliphatic rings. The number of carbonyl (C=O) groups is 2. The van der Waals surface area contributed by atoms with Gasteiger partial charge < -0.3 is 20.1 Å². The number of rotatable bonds is 8. The SMILES string of the molecule is COc1cc(/C=C(\C#N)C(=O)Nc2ccccc2)cc(Br)c1OCC(=O)Nc1ccccc1Cl. The van der Waals surface area contributed by atoms with Gasteiger partial charge in [0.15, 0.2) is 18.1 Å². The summed E-state index contributed by atoms with van der Waals surface area (Å²) in [5, 5.41) is 15.2. The van der Waals surface area contributed by atoms with Crippen molar-refractivity contribution in [3.63, 3.8) is 0 Å². The van der Waals surface area contributed by atoms with Crippen molar-refractivity contribution in [2.24, 2.45) is 0 Å². The number of nitrogens with one attached hydrogen (secondary N) is 2. The van der Waals surface area contributed by atoms with Crippen LogP contribution in [0.2, 0.25) is 5.02 Å². The Balaban J connectivity index is 1.74. The molecule has 0 atom stereocenters. The van der Waals surface area contributed by atoms with Crippen LogP contribution in [0.3, 0.4) is 0 Å². The monoisotopic (exact) mass is 539 g/mol. The van der Waals surface area contributed by atoms with E-state index in [0.29, 0.717) is 37.9 Å². The quantitative estimate of drug-likeness (QED) is 0.283. The highest BCUT2D eigenvalue weighted by Gasteiger charge is 2.16. The lowest BCUT2D eigenvalue weighted by Gasteiger charge is -2.14. The van der Waals surface area contributed by atoms with Crippen LogP contribution in [0.4, 0.5) is 11.4 Å². The Morgan fingerprint density at radius 3 is 2.47 bits per heavy atom. The Morgan fingerprint density at radius 1 is 1.09 bits per heavy atom. The van der Waals surface area contributed by atoms with Crippen molar-refractivity contribution in [3.05, 3.63) is 87.4 Å². The van der Waals surface area contributed by atoms with Crippen molar-refractivity contribution >= 4 is 56.8 Å². The Hall–Kier alpha value is -3.80. The zero-order chi connectivity index (χ0) is 24.5. The predicted molar refractivity (Wildman–Crippen MR) is 135 cm³/mol. The first kappa shape index (κ1) is 24.8. The van der Waals surface area contributed by atoms with E-state index in [9.17, 15) is 14.9 Å². The molecule has 172 valence electrons. The lowest BCUT2D eigenvalue weighted by atomic mass is 10.1. The highest BCUT2D eigenvalue weighted by Crippen LogP contribution is 2.37. The molecule has 0 bridgehead atoms. The molecule has 2 amide bonds. The average Bonchev–Trinajstić information content (AvgIpc) is 2.83. The van der Waals surface area contributed by atoms with Gasteiger partial charge in [0.05, 0.1) is 22.3 Å². The molecule has 0 radical (unpaired) electrons. The fourth-order valence-corrected chi connectivity index (χ4v) is 3.64. The summed E-state index contributed by atoms with van der Waals surface area (Å²) in [6.45, 7) is -0.293. The standard InChI is InChI=1S/C25H19BrClN3O4/c1-33-22-13-16(11-17(14-28)25(32)29-18-7-3-2-4-8-18)12-19(26)24(22)34-15-23(31)30-21-10-6-5-9-20(21)27/h2-13H,15H2,1H3,(H,29,32)(H,30,31)/b17-11+. The second-order valence-corrected chi connectivity index (χ2v) is 8.10. The van der Waals surface area contributed by atoms with Crippen molar-refractivity contribution in [2.75, 3.05) is 24.4 Å². The number of amides is 2. The van der Waals surface area contributed by atoms with Crippen LogP contribution >= 0.6 is 27.5 Å². The molecule has 0 aliphatic heterocycles. The molecule has 2 N–H and O–H groups in total. The van der Waals surface area contributed by atoms with E-state index in [1.807, 2.05) is 12.1 Å². The summed E-state index contributed by atoms with van der Waals surface area (Å²) in [5.74, 6) is -0.344. The van der Waals surface area contributed by atoms with Crippen LogP contribution in [0.5, 0.6) is 11.5 Å². The van der Waals surface area contributed by atoms with Gasteiger partial charge in [0.25, 0.3) is 11.8 Å². The Labute approximate surface area is 210 Å². The van der Waals surface area contributed by atoms with Crippen LogP contribution in [0.1, 0.15) is 5.56 Å². The number of para-hydroxylation sites is 2. The van der Waals surface area contributed by atoms with Gasteiger partial charge in [-0.2, -0.15) is 5.26 Å². The highest BCUT2D eigenvalue weighted by atomic mass is 79.9. The third-order valence-corrected chi connectivity index (χ3v) is 5.37. The molecule has 3 aromatic rings. The lowest BCUT2D eigenvalue weighted by molar-refractivity contribution is -0.118. The molecule has 0 fully saturated rings. The summed E-state index contributed by atoms with van der Waals surface area (Å²) in [5.41, 5.74) is 1.48. The average molecular weight is 541 g/mol. The summed E-state index contributed by atoms with van der Waals surface area (Å²) in [6.07, 6.45) is 1.43. The normalized spacial score (nSPS) is 10.7. The van der Waals surface area contributed by atoms with Gasteiger partial charge in [-0.1, -0.05) is 41.9 Å². The molecule has 0 saturated carbocycles. The van der Waals surface area contributed by atoms with Crippen LogP contribution in [0, 0.1) is 11.3 Å². The Kier molecular flexibility index (Phi) is 8.68. The highest BCUT2D eigenvalue weighted by molar-refractivity contribution is 9.10. The van der Waals surface area contributed by atoms with Gasteiger partial charge in [-0.15, -0.1) is 0 Å². The third kappa shape index (κ3) is 6.61. The number of hydrogen-bond acceptors (Lipinski definition) is 5. The van der Waals surface area contributed by atoms with Crippen LogP contribution in [0.15, 0.2) is 76.8 Å². The first-order valence-electron chi connectivity index (χ1n) is 9.94. The van der Waals surface area contributed by atoms with Gasteiger partial charge in [-0.25, -0.2) is 0 Å². The predicted octanol–water partition coefficient (Wildman–Crippen LogP) is 5.67. The zero-order valence-corrected chi connectivity index (χ0v) is 20.3. The first-order chi connectivity index (χ1) is 16.4. The maximum absolute atomic E-state index is 12.5. The molecule has 7 nitrogen and oxygen atoms in total. The number of benzene rings is 3. The van der Waals surface area contributed by atoms with Gasteiger partial charge in [-0.3, -0.25) is 9.59 Å². The van der Waals surface area contributed by atoms with E-state index >= 15 is 0 Å². The number of methoxy groups -OCH3 is 1. The Bertz CT molecular complexity index is 1270. The number of anilines is 2. The minimum Gasteiger partial charge on any atom is -0.493 e. The number of halogens is 2. The maximum atomic E-state index is 12.5. The maximum Gasteiger partial charge on any atom is 0.266 e. The first-order valence-corrected chi connectivity index (χ1v) is 11.1. The molecule has 3 aromatic carbocycles. The van der Waals surface area contributed by atoms with E-state index in [-0.39, 0.29) is 12.2 Å². The van der Waals surface area contributed by atoms with Crippen molar-refractivity contribution in [1.29, 1.82) is 5.26 Å². The molecule has 3 rings (SSSR count). The second kappa shape index (κ2) is 11.9. The van der Waals surface area contributed by atoms with Crippen LogP contribution in [-0.4, -0.2) is 25.5 Å². The fourth-order valence-electron chi connectivity index (χ4n) is 2.88. The van der Waals surface area contributed by atoms with E-state index < -0.39 is 11.8 Å². The van der Waals surface area contributed by atoms with Gasteiger partial charge in [0.2, 0.25) is 0 Å². The molecule has 9 heteroatoms. The van der Waals surface area contributed by atoms with E-state index in [1.54, 1.807) is 60.7 Å². The Morgan fingerprint density at radius 2 is 1.79 bits per heavy atom. The number of nitriles is 1. The summed E-state index contributed by atoms with van der Waals surface area (Å²) >= 11 is 9.46. The number of nitrogens with zero attached hydrogens (tertiary/aromatic N) is 1. The van der Waals surface area contributed by atoms with E-state index in [2.05, 4.69) is 26.6 Å². The second-order valence-electron chi connectivity index (χ2n) is 6.84. The van der Waals surface area contributed by atoms with E-state index in [4.69, 9.17) is 21.1 Å². The van der Waals surface area contributed by atoms with Crippen molar-refractivity contribution in [3.8, 4) is 17.6 Å². The molecule has 0 heterocycles. The number of ether oxygens (including phenoxy) is 2. The van der Waals surface area contributed by atoms with E-state index in [0.717, 1.165) is 0 Å². The fraction of sp³-hybridized carbons (Fsp3) is 0.0800. The molecule has 0 spiro atoms.